The van der Waals surface area contributed by atoms with Crippen LogP contribution in [0.1, 0.15) is 19.0 Å². The zero-order valence-corrected chi connectivity index (χ0v) is 15.0. The van der Waals surface area contributed by atoms with E-state index in [1.54, 1.807) is 0 Å². The van der Waals surface area contributed by atoms with E-state index in [1.807, 2.05) is 5.32 Å². The fourth-order valence-corrected chi connectivity index (χ4v) is 2.05. The van der Waals surface area contributed by atoms with Crippen LogP contribution in [-0.2, 0) is 30.4 Å². The summed E-state index contributed by atoms with van der Waals surface area (Å²) in [4.78, 5) is 63.7. The number of amides is 3. The highest BCUT2D eigenvalue weighted by Gasteiger charge is 2.24. The number of hydrogen-bond acceptors (Lipinski definition) is 7. The predicted molar refractivity (Wildman–Crippen MR) is 92.7 cm³/mol. The molecule has 3 unspecified atom stereocenters. The predicted octanol–water partition coefficient (Wildman–Crippen LogP) is -3.06. The smallest absolute Gasteiger partial charge is 0.326 e. The topological polar surface area (TPSA) is 217 Å². The van der Waals surface area contributed by atoms with Gasteiger partial charge in [-0.05, 0) is 6.92 Å². The normalized spacial score (nSPS) is 13.6. The number of aliphatic carboxylic acids is 2. The zero-order valence-electron chi connectivity index (χ0n) is 15.0. The van der Waals surface area contributed by atoms with E-state index in [2.05, 4.69) is 20.6 Å². The lowest BCUT2D eigenvalue weighted by molar-refractivity contribution is -0.147. The van der Waals surface area contributed by atoms with Crippen LogP contribution in [0.4, 0.5) is 0 Å². The molecular weight excluding hydrogens is 376 g/mol. The van der Waals surface area contributed by atoms with E-state index in [0.29, 0.717) is 5.69 Å². The van der Waals surface area contributed by atoms with E-state index in [-0.39, 0.29) is 6.42 Å². The number of carboxylic acid groups (broad SMARTS) is 2. The Hall–Kier alpha value is -3.48. The van der Waals surface area contributed by atoms with Gasteiger partial charge < -0.3 is 36.9 Å². The number of nitrogens with one attached hydrogen (secondary N) is 4. The van der Waals surface area contributed by atoms with Gasteiger partial charge in [0.1, 0.15) is 12.1 Å². The fourth-order valence-electron chi connectivity index (χ4n) is 2.05. The third-order valence-electron chi connectivity index (χ3n) is 3.52. The Labute approximate surface area is 159 Å². The Morgan fingerprint density at radius 2 is 1.86 bits per heavy atom. The minimum Gasteiger partial charge on any atom is -0.481 e. The van der Waals surface area contributed by atoms with E-state index < -0.39 is 60.8 Å². The highest BCUT2D eigenvalue weighted by Crippen LogP contribution is 1.97. The van der Waals surface area contributed by atoms with Crippen LogP contribution in [0.2, 0.25) is 0 Å². The fraction of sp³-hybridized carbons (Fsp3) is 0.467. The lowest BCUT2D eigenvalue weighted by Gasteiger charge is -2.17. The van der Waals surface area contributed by atoms with E-state index in [1.165, 1.54) is 19.4 Å². The van der Waals surface area contributed by atoms with E-state index in [0.717, 1.165) is 0 Å². The van der Waals surface area contributed by atoms with Gasteiger partial charge in [-0.25, -0.2) is 9.78 Å². The molecule has 0 aliphatic carbocycles. The molecule has 154 valence electrons. The minimum atomic E-state index is -1.63. The molecule has 0 fully saturated rings. The third kappa shape index (κ3) is 7.82. The number of imidazole rings is 1. The van der Waals surface area contributed by atoms with Crippen molar-refractivity contribution in [1.29, 1.82) is 0 Å². The van der Waals surface area contributed by atoms with Crippen LogP contribution in [0.15, 0.2) is 12.5 Å². The highest BCUT2D eigenvalue weighted by atomic mass is 16.4. The van der Waals surface area contributed by atoms with Gasteiger partial charge in [0.05, 0.1) is 25.3 Å². The van der Waals surface area contributed by atoms with Crippen molar-refractivity contribution >= 4 is 29.7 Å². The molecule has 8 N–H and O–H groups in total. The number of nitrogens with zero attached hydrogens (tertiary/aromatic N) is 1. The number of aromatic amines is 1. The molecule has 1 rings (SSSR count). The summed E-state index contributed by atoms with van der Waals surface area (Å²) in [6.45, 7) is 0.779. The first-order chi connectivity index (χ1) is 13.1. The van der Waals surface area contributed by atoms with Crippen molar-refractivity contribution in [3.63, 3.8) is 0 Å². The molecule has 1 heterocycles. The second kappa shape index (κ2) is 10.6. The van der Waals surface area contributed by atoms with Gasteiger partial charge in [0.25, 0.3) is 0 Å². The Bertz CT molecular complexity index is 720. The average Bonchev–Trinajstić information content (AvgIpc) is 3.11. The van der Waals surface area contributed by atoms with Crippen LogP contribution >= 0.6 is 0 Å². The van der Waals surface area contributed by atoms with Crippen molar-refractivity contribution in [2.24, 2.45) is 5.73 Å². The molecule has 1 aromatic heterocycles. The van der Waals surface area contributed by atoms with Crippen LogP contribution in [0, 0.1) is 0 Å². The van der Waals surface area contributed by atoms with Gasteiger partial charge in [-0.2, -0.15) is 0 Å². The summed E-state index contributed by atoms with van der Waals surface area (Å²) < 4.78 is 0. The number of H-pyrrole nitrogens is 1. The maximum atomic E-state index is 12.0. The van der Waals surface area contributed by atoms with Crippen molar-refractivity contribution in [3.05, 3.63) is 18.2 Å². The molecule has 0 aliphatic heterocycles. The first-order valence-electron chi connectivity index (χ1n) is 8.15. The van der Waals surface area contributed by atoms with Crippen molar-refractivity contribution in [2.75, 3.05) is 6.54 Å². The summed E-state index contributed by atoms with van der Waals surface area (Å²) in [7, 11) is 0. The van der Waals surface area contributed by atoms with Crippen molar-refractivity contribution in [2.45, 2.75) is 37.9 Å². The number of nitrogens with two attached hydrogens (primary N) is 1. The van der Waals surface area contributed by atoms with Crippen LogP contribution in [0.3, 0.4) is 0 Å². The van der Waals surface area contributed by atoms with Crippen molar-refractivity contribution in [1.82, 2.24) is 25.9 Å². The Kier molecular flexibility index (Phi) is 8.55. The van der Waals surface area contributed by atoms with Gasteiger partial charge >= 0.3 is 11.9 Å². The lowest BCUT2D eigenvalue weighted by atomic mass is 10.1. The van der Waals surface area contributed by atoms with E-state index in [9.17, 15) is 24.0 Å². The molecule has 3 atom stereocenters. The maximum Gasteiger partial charge on any atom is 0.326 e. The second-order valence-corrected chi connectivity index (χ2v) is 5.89. The Morgan fingerprint density at radius 3 is 2.39 bits per heavy atom. The standard InChI is InChI=1S/C15H22N6O7/c1-7(20-14(26)9(16)2-8-4-17-6-19-8)13(25)18-5-11(22)21-10(15(27)28)3-12(23)24/h4,6-7,9-10H,2-3,5,16H2,1H3,(H,17,19)(H,18,25)(H,20,26)(H,21,22)(H,23,24)(H,27,28). The zero-order chi connectivity index (χ0) is 21.3. The average molecular weight is 398 g/mol. The molecule has 0 bridgehead atoms. The number of aromatic nitrogens is 2. The lowest BCUT2D eigenvalue weighted by Crippen LogP contribution is -2.52. The van der Waals surface area contributed by atoms with Crippen molar-refractivity contribution in [3.8, 4) is 0 Å². The Balaban J connectivity index is 2.42. The number of rotatable bonds is 11. The summed E-state index contributed by atoms with van der Waals surface area (Å²) in [5, 5.41) is 24.0. The largest absolute Gasteiger partial charge is 0.481 e. The molecule has 0 saturated heterocycles. The van der Waals surface area contributed by atoms with Crippen LogP contribution in [0.25, 0.3) is 0 Å². The number of carbonyl (C=O) groups excluding carboxylic acids is 3. The van der Waals surface area contributed by atoms with Gasteiger partial charge in [0.15, 0.2) is 0 Å². The van der Waals surface area contributed by atoms with Crippen LogP contribution in [-0.4, -0.2) is 74.5 Å². The summed E-state index contributed by atoms with van der Waals surface area (Å²) in [6, 6.07) is -3.56. The molecule has 0 spiro atoms. The molecule has 0 radical (unpaired) electrons. The first-order valence-corrected chi connectivity index (χ1v) is 8.15. The molecule has 13 nitrogen and oxygen atoms in total. The monoisotopic (exact) mass is 398 g/mol. The summed E-state index contributed by atoms with van der Waals surface area (Å²) >= 11 is 0. The van der Waals surface area contributed by atoms with Crippen LogP contribution < -0.4 is 21.7 Å². The van der Waals surface area contributed by atoms with Gasteiger partial charge in [-0.15, -0.1) is 0 Å². The van der Waals surface area contributed by atoms with E-state index in [4.69, 9.17) is 15.9 Å². The minimum absolute atomic E-state index is 0.183. The molecule has 13 heteroatoms. The van der Waals surface area contributed by atoms with E-state index >= 15 is 0 Å². The van der Waals surface area contributed by atoms with Gasteiger partial charge in [-0.1, -0.05) is 0 Å². The van der Waals surface area contributed by atoms with Crippen molar-refractivity contribution < 1.29 is 34.2 Å². The first kappa shape index (κ1) is 22.6. The molecular formula is C15H22N6O7. The SMILES string of the molecule is CC(NC(=O)C(N)Cc1cnc[nH]1)C(=O)NCC(=O)NC(CC(=O)O)C(=O)O. The van der Waals surface area contributed by atoms with Gasteiger partial charge in [0, 0.05) is 18.3 Å². The number of carbonyl (C=O) groups is 5. The highest BCUT2D eigenvalue weighted by molar-refractivity contribution is 5.92. The molecule has 0 saturated carbocycles. The maximum absolute atomic E-state index is 12.0. The Morgan fingerprint density at radius 1 is 1.18 bits per heavy atom. The summed E-state index contributed by atoms with van der Waals surface area (Å²) in [5.74, 6) is -5.11. The number of carboxylic acids is 2. The summed E-state index contributed by atoms with van der Waals surface area (Å²) in [5.41, 5.74) is 6.39. The molecule has 28 heavy (non-hydrogen) atoms. The van der Waals surface area contributed by atoms with Gasteiger partial charge in [-0.3, -0.25) is 19.2 Å². The summed E-state index contributed by atoms with van der Waals surface area (Å²) in [6.07, 6.45) is 2.32. The van der Waals surface area contributed by atoms with Crippen LogP contribution in [0.5, 0.6) is 0 Å². The van der Waals surface area contributed by atoms with Gasteiger partial charge in [0.2, 0.25) is 17.7 Å². The quantitative estimate of drug-likeness (QED) is 0.201. The molecule has 0 aromatic carbocycles. The second-order valence-electron chi connectivity index (χ2n) is 5.89. The number of hydrogen-bond donors (Lipinski definition) is 7. The third-order valence-corrected chi connectivity index (χ3v) is 3.52. The molecule has 0 aliphatic rings. The molecule has 3 amide bonds. The molecule has 1 aromatic rings.